The van der Waals surface area contributed by atoms with Gasteiger partial charge in [0.25, 0.3) is 5.91 Å². The van der Waals surface area contributed by atoms with Gasteiger partial charge in [-0.1, -0.05) is 24.3 Å². The Hall–Kier alpha value is -3.39. The minimum atomic E-state index is -0.351. The lowest BCUT2D eigenvalue weighted by Gasteiger charge is -2.03. The number of nitrogens with one attached hydrogen (secondary N) is 2. The van der Waals surface area contributed by atoms with E-state index in [1.807, 2.05) is 37.3 Å². The molecule has 0 bridgehead atoms. The summed E-state index contributed by atoms with van der Waals surface area (Å²) in [6, 6.07) is 12.5. The molecule has 8 heteroatoms. The van der Waals surface area contributed by atoms with Crippen molar-refractivity contribution in [3.8, 4) is 22.8 Å². The van der Waals surface area contributed by atoms with Crippen LogP contribution in [0.4, 0.5) is 5.13 Å². The minimum Gasteiger partial charge on any atom is -0.507 e. The van der Waals surface area contributed by atoms with Crippen LogP contribution in [0.2, 0.25) is 0 Å². The van der Waals surface area contributed by atoms with Gasteiger partial charge < -0.3 is 9.84 Å². The quantitative estimate of drug-likeness (QED) is 0.471. The topological polar surface area (TPSA) is 100 Å². The molecule has 0 aliphatic carbocycles. The van der Waals surface area contributed by atoms with Gasteiger partial charge in [-0.05, 0) is 48.4 Å². The minimum absolute atomic E-state index is 0.121. The number of hydrogen-bond donors (Lipinski definition) is 3. The molecule has 1 amide bonds. The molecular weight excluding hydrogens is 376 g/mol. The van der Waals surface area contributed by atoms with Crippen molar-refractivity contribution in [2.75, 3.05) is 12.4 Å². The van der Waals surface area contributed by atoms with Crippen molar-refractivity contribution in [1.82, 2.24) is 15.2 Å². The number of aromatic nitrogens is 3. The molecule has 0 unspecified atom stereocenters. The summed E-state index contributed by atoms with van der Waals surface area (Å²) < 4.78 is 6.13. The Kier molecular flexibility index (Phi) is 4.70. The maximum Gasteiger partial charge on any atom is 0.275 e. The van der Waals surface area contributed by atoms with Crippen LogP contribution in [0.25, 0.3) is 21.5 Å². The summed E-state index contributed by atoms with van der Waals surface area (Å²) in [4.78, 5) is 17.0. The van der Waals surface area contributed by atoms with Crippen molar-refractivity contribution >= 4 is 32.6 Å². The molecule has 0 aliphatic rings. The molecule has 2 heterocycles. The molecular formula is C20H18N4O3S. The molecule has 142 valence electrons. The summed E-state index contributed by atoms with van der Waals surface area (Å²) in [7, 11) is 1.61. The number of phenolic OH excluding ortho intramolecular Hbond substituents is 1. The Bertz CT molecular complexity index is 1170. The van der Waals surface area contributed by atoms with E-state index in [-0.39, 0.29) is 17.4 Å². The molecule has 0 aliphatic heterocycles. The number of benzene rings is 2. The third-order valence-electron chi connectivity index (χ3n) is 4.38. The van der Waals surface area contributed by atoms with Gasteiger partial charge in [0.1, 0.15) is 17.2 Å². The fourth-order valence-corrected chi connectivity index (χ4v) is 3.72. The lowest BCUT2D eigenvalue weighted by molar-refractivity contribution is 0.102. The zero-order valence-corrected chi connectivity index (χ0v) is 16.1. The van der Waals surface area contributed by atoms with E-state index in [2.05, 4.69) is 20.5 Å². The summed E-state index contributed by atoms with van der Waals surface area (Å²) in [6.07, 6.45) is 0.841. The van der Waals surface area contributed by atoms with E-state index in [1.54, 1.807) is 19.2 Å². The summed E-state index contributed by atoms with van der Waals surface area (Å²) >= 11 is 1.36. The Labute approximate surface area is 165 Å². The van der Waals surface area contributed by atoms with Gasteiger partial charge in [-0.3, -0.25) is 15.2 Å². The zero-order chi connectivity index (χ0) is 19.7. The highest BCUT2D eigenvalue weighted by molar-refractivity contribution is 7.22. The van der Waals surface area contributed by atoms with Crippen LogP contribution in [0.5, 0.6) is 11.5 Å². The molecule has 0 saturated heterocycles. The molecule has 2 aromatic carbocycles. The second-order valence-corrected chi connectivity index (χ2v) is 7.21. The average molecular weight is 394 g/mol. The van der Waals surface area contributed by atoms with Crippen molar-refractivity contribution in [2.45, 2.75) is 13.3 Å². The normalized spacial score (nSPS) is 10.9. The largest absolute Gasteiger partial charge is 0.507 e. The molecule has 3 N–H and O–H groups in total. The number of aromatic amines is 1. The number of fused-ring (bicyclic) bond motifs is 1. The first kappa shape index (κ1) is 18.0. The van der Waals surface area contributed by atoms with Crippen molar-refractivity contribution in [3.63, 3.8) is 0 Å². The van der Waals surface area contributed by atoms with Crippen LogP contribution in [0, 0.1) is 0 Å². The summed E-state index contributed by atoms with van der Waals surface area (Å²) in [5.74, 6) is 0.507. The number of amides is 1. The molecule has 0 spiro atoms. The Balaban J connectivity index is 1.56. The van der Waals surface area contributed by atoms with Crippen LogP contribution in [-0.4, -0.2) is 33.3 Å². The number of carbonyl (C=O) groups is 1. The highest BCUT2D eigenvalue weighted by atomic mass is 32.1. The number of nitrogens with zero attached hydrogens (tertiary/aromatic N) is 2. The van der Waals surface area contributed by atoms with E-state index < -0.39 is 0 Å². The predicted molar refractivity (Wildman–Crippen MR) is 109 cm³/mol. The number of methoxy groups -OCH3 is 1. The molecule has 0 fully saturated rings. The zero-order valence-electron chi connectivity index (χ0n) is 15.3. The highest BCUT2D eigenvalue weighted by Crippen LogP contribution is 2.31. The number of anilines is 1. The summed E-state index contributed by atoms with van der Waals surface area (Å²) in [5.41, 5.74) is 3.24. The molecule has 7 nitrogen and oxygen atoms in total. The first-order valence-electron chi connectivity index (χ1n) is 8.71. The number of H-pyrrole nitrogens is 1. The fourth-order valence-electron chi connectivity index (χ4n) is 2.83. The van der Waals surface area contributed by atoms with Crippen LogP contribution < -0.4 is 10.1 Å². The van der Waals surface area contributed by atoms with Gasteiger partial charge in [0.05, 0.1) is 23.0 Å². The van der Waals surface area contributed by atoms with Gasteiger partial charge in [0.15, 0.2) is 5.13 Å². The van der Waals surface area contributed by atoms with Crippen LogP contribution >= 0.6 is 11.3 Å². The predicted octanol–water partition coefficient (Wildman–Crippen LogP) is 4.22. The number of thiazole rings is 1. The van der Waals surface area contributed by atoms with E-state index in [4.69, 9.17) is 4.74 Å². The smallest absolute Gasteiger partial charge is 0.275 e. The molecule has 4 rings (SSSR count). The van der Waals surface area contributed by atoms with E-state index in [9.17, 15) is 9.90 Å². The SMILES string of the molecule is CCc1ccc(O)c(-c2cc(C(=O)Nc3nc4ccc(OC)cc4s3)[nH]n2)c1. The number of aryl methyl sites for hydroxylation is 1. The molecule has 28 heavy (non-hydrogen) atoms. The third kappa shape index (κ3) is 3.41. The van der Waals surface area contributed by atoms with Gasteiger partial charge in [0.2, 0.25) is 0 Å². The highest BCUT2D eigenvalue weighted by Gasteiger charge is 2.15. The maximum atomic E-state index is 12.6. The molecule has 4 aromatic rings. The van der Waals surface area contributed by atoms with Gasteiger partial charge >= 0.3 is 0 Å². The lowest BCUT2D eigenvalue weighted by Crippen LogP contribution is -2.11. The second-order valence-electron chi connectivity index (χ2n) is 6.18. The first-order valence-corrected chi connectivity index (χ1v) is 9.52. The Morgan fingerprint density at radius 1 is 1.25 bits per heavy atom. The van der Waals surface area contributed by atoms with E-state index in [0.717, 1.165) is 28.0 Å². The van der Waals surface area contributed by atoms with E-state index in [1.165, 1.54) is 11.3 Å². The number of ether oxygens (including phenoxy) is 1. The van der Waals surface area contributed by atoms with Crippen molar-refractivity contribution < 1.29 is 14.6 Å². The average Bonchev–Trinajstić information content (AvgIpc) is 3.34. The molecule has 0 atom stereocenters. The number of rotatable bonds is 5. The molecule has 2 aromatic heterocycles. The summed E-state index contributed by atoms with van der Waals surface area (Å²) in [6.45, 7) is 2.03. The molecule has 0 radical (unpaired) electrons. The fraction of sp³-hybridized carbons (Fsp3) is 0.150. The van der Waals surface area contributed by atoms with Crippen molar-refractivity contribution in [3.05, 3.63) is 53.7 Å². The number of hydrogen-bond acceptors (Lipinski definition) is 6. The van der Waals surface area contributed by atoms with E-state index >= 15 is 0 Å². The van der Waals surface area contributed by atoms with Crippen molar-refractivity contribution in [1.29, 1.82) is 0 Å². The third-order valence-corrected chi connectivity index (χ3v) is 5.32. The van der Waals surface area contributed by atoms with Gasteiger partial charge in [-0.25, -0.2) is 4.98 Å². The van der Waals surface area contributed by atoms with Crippen LogP contribution in [0.15, 0.2) is 42.5 Å². The Morgan fingerprint density at radius 3 is 2.89 bits per heavy atom. The van der Waals surface area contributed by atoms with Gasteiger partial charge in [-0.15, -0.1) is 0 Å². The summed E-state index contributed by atoms with van der Waals surface area (Å²) in [5, 5.41) is 20.3. The van der Waals surface area contributed by atoms with Crippen molar-refractivity contribution in [2.24, 2.45) is 0 Å². The monoisotopic (exact) mass is 394 g/mol. The lowest BCUT2D eigenvalue weighted by atomic mass is 10.1. The number of phenols is 1. The number of carbonyl (C=O) groups excluding carboxylic acids is 1. The maximum absolute atomic E-state index is 12.6. The van der Waals surface area contributed by atoms with Crippen LogP contribution in [0.3, 0.4) is 0 Å². The van der Waals surface area contributed by atoms with Crippen LogP contribution in [0.1, 0.15) is 23.0 Å². The first-order chi connectivity index (χ1) is 13.6. The van der Waals surface area contributed by atoms with Crippen LogP contribution in [-0.2, 0) is 6.42 Å². The van der Waals surface area contributed by atoms with Gasteiger partial charge in [0, 0.05) is 5.56 Å². The second kappa shape index (κ2) is 7.32. The van der Waals surface area contributed by atoms with Gasteiger partial charge in [-0.2, -0.15) is 5.10 Å². The number of aromatic hydroxyl groups is 1. The standard InChI is InChI=1S/C20H18N4O3S/c1-3-11-4-7-17(25)13(8-11)15-10-16(24-23-15)19(26)22-20-21-14-6-5-12(27-2)9-18(14)28-20/h4-10,25H,3H2,1-2H3,(H,23,24)(H,21,22,26). The van der Waals surface area contributed by atoms with E-state index in [0.29, 0.717) is 16.4 Å². The molecule has 0 saturated carbocycles. The Morgan fingerprint density at radius 2 is 2.11 bits per heavy atom.